The van der Waals surface area contributed by atoms with Crippen molar-refractivity contribution in [2.24, 2.45) is 7.05 Å². The molecular weight excluding hydrogens is 344 g/mol. The minimum absolute atomic E-state index is 0.166. The van der Waals surface area contributed by atoms with Crippen molar-refractivity contribution in [1.82, 2.24) is 24.5 Å². The topological polar surface area (TPSA) is 74.8 Å². The second-order valence-corrected chi connectivity index (χ2v) is 5.95. The molecule has 0 radical (unpaired) electrons. The average molecular weight is 363 g/mol. The van der Waals surface area contributed by atoms with Gasteiger partial charge in [0, 0.05) is 24.4 Å². The molecule has 0 fully saturated rings. The number of aromatic nitrogens is 5. The van der Waals surface area contributed by atoms with E-state index in [1.165, 1.54) is 10.7 Å². The smallest absolute Gasteiger partial charge is 0.327 e. The van der Waals surface area contributed by atoms with Gasteiger partial charge in [0.2, 0.25) is 0 Å². The largest absolute Gasteiger partial charge is 0.465 e. The molecule has 0 bridgehead atoms. The average Bonchev–Trinajstić information content (AvgIpc) is 3.06. The van der Waals surface area contributed by atoms with Gasteiger partial charge in [-0.25, -0.2) is 18.4 Å². The van der Waals surface area contributed by atoms with Crippen LogP contribution < -0.4 is 0 Å². The lowest BCUT2D eigenvalue weighted by Crippen LogP contribution is -2.15. The van der Waals surface area contributed by atoms with E-state index in [4.69, 9.17) is 4.74 Å². The summed E-state index contributed by atoms with van der Waals surface area (Å²) < 4.78 is 35.2. The Morgan fingerprint density at radius 3 is 2.58 bits per heavy atom. The number of halogens is 2. The molecule has 9 heteroatoms. The molecule has 138 valence electrons. The zero-order valence-corrected chi connectivity index (χ0v) is 15.0. The summed E-state index contributed by atoms with van der Waals surface area (Å²) in [6.07, 6.45) is -0.979. The zero-order valence-electron chi connectivity index (χ0n) is 15.0. The summed E-state index contributed by atoms with van der Waals surface area (Å²) in [5, 5.41) is 8.71. The normalized spacial score (nSPS) is 11.5. The van der Waals surface area contributed by atoms with Gasteiger partial charge in [-0.05, 0) is 26.8 Å². The number of aryl methyl sites for hydroxylation is 3. The fourth-order valence-electron chi connectivity index (χ4n) is 2.99. The number of rotatable bonds is 5. The second-order valence-electron chi connectivity index (χ2n) is 5.95. The molecule has 0 aromatic carbocycles. The highest BCUT2D eigenvalue weighted by Gasteiger charge is 2.23. The number of esters is 1. The van der Waals surface area contributed by atoms with Crippen LogP contribution in [0.15, 0.2) is 12.3 Å². The van der Waals surface area contributed by atoms with Crippen molar-refractivity contribution in [3.05, 3.63) is 29.2 Å². The molecule has 0 saturated carbocycles. The van der Waals surface area contributed by atoms with Gasteiger partial charge in [-0.3, -0.25) is 9.48 Å². The van der Waals surface area contributed by atoms with Crippen LogP contribution >= 0.6 is 0 Å². The van der Waals surface area contributed by atoms with Gasteiger partial charge in [0.1, 0.15) is 6.54 Å². The summed E-state index contributed by atoms with van der Waals surface area (Å²) in [6, 6.07) is 1.36. The van der Waals surface area contributed by atoms with Crippen molar-refractivity contribution < 1.29 is 18.3 Å². The van der Waals surface area contributed by atoms with Gasteiger partial charge in [-0.2, -0.15) is 10.2 Å². The Morgan fingerprint density at radius 1 is 1.27 bits per heavy atom. The lowest BCUT2D eigenvalue weighted by atomic mass is 10.1. The predicted molar refractivity (Wildman–Crippen MR) is 90.8 cm³/mol. The van der Waals surface area contributed by atoms with Crippen molar-refractivity contribution in [3.63, 3.8) is 0 Å². The van der Waals surface area contributed by atoms with E-state index in [0.717, 1.165) is 0 Å². The first kappa shape index (κ1) is 18.0. The molecule has 0 unspecified atom stereocenters. The summed E-state index contributed by atoms with van der Waals surface area (Å²) in [5.41, 5.74) is 2.14. The number of hydrogen-bond donors (Lipinski definition) is 0. The first-order valence-corrected chi connectivity index (χ1v) is 8.14. The van der Waals surface area contributed by atoms with Crippen molar-refractivity contribution in [2.75, 3.05) is 6.61 Å². The van der Waals surface area contributed by atoms with Crippen molar-refractivity contribution in [1.29, 1.82) is 0 Å². The molecule has 0 amide bonds. The fraction of sp³-hybridized carbons (Fsp3) is 0.412. The monoisotopic (exact) mass is 363 g/mol. The summed E-state index contributed by atoms with van der Waals surface area (Å²) in [4.78, 5) is 16.3. The number of carbonyl (C=O) groups is 1. The summed E-state index contributed by atoms with van der Waals surface area (Å²) in [7, 11) is 1.75. The van der Waals surface area contributed by atoms with Crippen LogP contribution in [-0.2, 0) is 23.1 Å². The van der Waals surface area contributed by atoms with E-state index in [-0.39, 0.29) is 29.7 Å². The molecule has 3 heterocycles. The summed E-state index contributed by atoms with van der Waals surface area (Å²) in [6.45, 7) is 5.13. The minimum Gasteiger partial charge on any atom is -0.465 e. The number of ether oxygens (including phenoxy) is 1. The Balaban J connectivity index is 2.22. The summed E-state index contributed by atoms with van der Waals surface area (Å²) >= 11 is 0. The van der Waals surface area contributed by atoms with Gasteiger partial charge >= 0.3 is 5.97 Å². The number of carbonyl (C=O) groups excluding carboxylic acids is 1. The van der Waals surface area contributed by atoms with Crippen molar-refractivity contribution in [2.45, 2.75) is 33.7 Å². The molecule has 26 heavy (non-hydrogen) atoms. The highest BCUT2D eigenvalue weighted by molar-refractivity contribution is 5.86. The van der Waals surface area contributed by atoms with Gasteiger partial charge in [-0.1, -0.05) is 0 Å². The Kier molecular flexibility index (Phi) is 4.71. The maximum atomic E-state index is 13.7. The first-order valence-electron chi connectivity index (χ1n) is 8.14. The molecular formula is C17H19F2N5O2. The van der Waals surface area contributed by atoms with Crippen molar-refractivity contribution in [3.8, 4) is 11.3 Å². The van der Waals surface area contributed by atoms with Gasteiger partial charge in [-0.15, -0.1) is 0 Å². The van der Waals surface area contributed by atoms with E-state index in [0.29, 0.717) is 22.6 Å². The minimum atomic E-state index is -2.70. The number of hydrogen-bond acceptors (Lipinski definition) is 5. The molecule has 0 spiro atoms. The SMILES string of the molecule is CCOC(=O)Cn1nc(C)c2c(C(F)F)cc(-c3cn(C)nc3C)nc21. The molecule has 0 saturated heterocycles. The molecule has 0 atom stereocenters. The number of alkyl halides is 2. The Hall–Kier alpha value is -2.84. The van der Waals surface area contributed by atoms with Crippen LogP contribution in [0.4, 0.5) is 8.78 Å². The van der Waals surface area contributed by atoms with E-state index >= 15 is 0 Å². The molecule has 0 N–H and O–H groups in total. The third kappa shape index (κ3) is 3.16. The van der Waals surface area contributed by atoms with Gasteiger partial charge in [0.15, 0.2) is 5.65 Å². The molecule has 3 aromatic heterocycles. The Morgan fingerprint density at radius 2 is 2.00 bits per heavy atom. The standard InChI is InChI=1S/C17H19F2N5O2/c1-5-26-14(25)8-24-17-15(10(3)22-24)11(16(18)19)6-13(20-17)12-7-23(4)21-9(12)2/h6-7,16H,5,8H2,1-4H3. The lowest BCUT2D eigenvalue weighted by Gasteiger charge is -2.08. The molecule has 7 nitrogen and oxygen atoms in total. The quantitative estimate of drug-likeness (QED) is 0.652. The van der Waals surface area contributed by atoms with Crippen LogP contribution in [0.5, 0.6) is 0 Å². The first-order chi connectivity index (χ1) is 12.3. The fourth-order valence-corrected chi connectivity index (χ4v) is 2.99. The van der Waals surface area contributed by atoms with Crippen molar-refractivity contribution >= 4 is 17.0 Å². The third-order valence-electron chi connectivity index (χ3n) is 4.02. The maximum Gasteiger partial charge on any atom is 0.327 e. The van der Waals surface area contributed by atoms with E-state index < -0.39 is 12.4 Å². The molecule has 3 rings (SSSR count). The van der Waals surface area contributed by atoms with E-state index in [2.05, 4.69) is 15.2 Å². The molecule has 0 aliphatic carbocycles. The van der Waals surface area contributed by atoms with Gasteiger partial charge in [0.25, 0.3) is 6.43 Å². The Labute approximate surface area is 148 Å². The predicted octanol–water partition coefficient (Wildman–Crippen LogP) is 2.95. The number of fused-ring (bicyclic) bond motifs is 1. The maximum absolute atomic E-state index is 13.7. The lowest BCUT2D eigenvalue weighted by molar-refractivity contribution is -0.143. The van der Waals surface area contributed by atoms with Crippen LogP contribution in [-0.4, -0.2) is 37.1 Å². The highest BCUT2D eigenvalue weighted by atomic mass is 19.3. The second kappa shape index (κ2) is 6.81. The van der Waals surface area contributed by atoms with Crippen LogP contribution in [0, 0.1) is 13.8 Å². The number of pyridine rings is 1. The third-order valence-corrected chi connectivity index (χ3v) is 4.02. The van der Waals surface area contributed by atoms with Crippen LogP contribution in [0.3, 0.4) is 0 Å². The highest BCUT2D eigenvalue weighted by Crippen LogP contribution is 2.33. The van der Waals surface area contributed by atoms with Gasteiger partial charge in [0.05, 0.1) is 29.1 Å². The van der Waals surface area contributed by atoms with Crippen LogP contribution in [0.25, 0.3) is 22.3 Å². The molecule has 0 aliphatic rings. The van der Waals surface area contributed by atoms with Crippen LogP contribution in [0.2, 0.25) is 0 Å². The van der Waals surface area contributed by atoms with E-state index in [1.54, 1.807) is 38.7 Å². The molecule has 3 aromatic rings. The summed E-state index contributed by atoms with van der Waals surface area (Å²) in [5.74, 6) is -0.500. The number of nitrogens with zero attached hydrogens (tertiary/aromatic N) is 5. The Bertz CT molecular complexity index is 977. The molecule has 0 aliphatic heterocycles. The van der Waals surface area contributed by atoms with Gasteiger partial charge < -0.3 is 4.74 Å². The zero-order chi connectivity index (χ0) is 19.0. The van der Waals surface area contributed by atoms with E-state index in [9.17, 15) is 13.6 Å². The van der Waals surface area contributed by atoms with Crippen LogP contribution in [0.1, 0.15) is 30.3 Å². The van der Waals surface area contributed by atoms with E-state index in [1.807, 2.05) is 0 Å².